The van der Waals surface area contributed by atoms with Crippen molar-refractivity contribution in [3.8, 4) is 0 Å². The van der Waals surface area contributed by atoms with Gasteiger partial charge in [0.2, 0.25) is 0 Å². The minimum atomic E-state index is -0.517. The molecule has 1 aliphatic carbocycles. The largest absolute Gasteiger partial charge is 0.364 e. The summed E-state index contributed by atoms with van der Waals surface area (Å²) in [5, 5.41) is 0. The van der Waals surface area contributed by atoms with E-state index in [0.717, 1.165) is 0 Å². The lowest BCUT2D eigenvalue weighted by molar-refractivity contribution is -0.111. The molecule has 0 spiro atoms. The number of allylic oxidation sites excluding steroid dienone is 2. The SMILES string of the molecule is CC(C)C1=CC2N=C(C(N)=O)C=NC2C=C1. The number of carbonyl (C=O) groups is 1. The van der Waals surface area contributed by atoms with E-state index in [2.05, 4.69) is 36.0 Å². The van der Waals surface area contributed by atoms with Crippen LogP contribution in [0.25, 0.3) is 0 Å². The predicted octanol–water partition coefficient (Wildman–Crippen LogP) is 0.887. The maximum absolute atomic E-state index is 11.0. The molecule has 16 heavy (non-hydrogen) atoms. The first-order chi connectivity index (χ1) is 7.58. The molecule has 0 saturated carbocycles. The van der Waals surface area contributed by atoms with E-state index in [0.29, 0.717) is 5.92 Å². The van der Waals surface area contributed by atoms with Crippen LogP contribution in [0.2, 0.25) is 0 Å². The Hall–Kier alpha value is -1.71. The zero-order valence-electron chi connectivity index (χ0n) is 9.42. The number of carbonyl (C=O) groups excluding carboxylic acids is 1. The number of primary amides is 1. The second-order valence-corrected chi connectivity index (χ2v) is 4.32. The van der Waals surface area contributed by atoms with Crippen molar-refractivity contribution in [2.75, 3.05) is 0 Å². The van der Waals surface area contributed by atoms with E-state index in [4.69, 9.17) is 5.73 Å². The number of aliphatic imine (C=N–C) groups is 2. The topological polar surface area (TPSA) is 67.8 Å². The summed E-state index contributed by atoms with van der Waals surface area (Å²) in [5.74, 6) is -0.0633. The Morgan fingerprint density at radius 2 is 2.19 bits per heavy atom. The fourth-order valence-corrected chi connectivity index (χ4v) is 1.79. The lowest BCUT2D eigenvalue weighted by atomic mass is 9.91. The summed E-state index contributed by atoms with van der Waals surface area (Å²) < 4.78 is 0. The fraction of sp³-hybridized carbons (Fsp3) is 0.417. The molecule has 0 aromatic rings. The Bertz CT molecular complexity index is 430. The Morgan fingerprint density at radius 3 is 2.81 bits per heavy atom. The summed E-state index contributed by atoms with van der Waals surface area (Å²) >= 11 is 0. The van der Waals surface area contributed by atoms with Gasteiger partial charge in [0.25, 0.3) is 5.91 Å². The van der Waals surface area contributed by atoms with Crippen LogP contribution < -0.4 is 5.73 Å². The zero-order valence-corrected chi connectivity index (χ0v) is 9.42. The molecule has 1 aliphatic heterocycles. The molecule has 4 heteroatoms. The molecule has 1 amide bonds. The van der Waals surface area contributed by atoms with Crippen LogP contribution in [0.15, 0.2) is 33.8 Å². The predicted molar refractivity (Wildman–Crippen MR) is 64.8 cm³/mol. The van der Waals surface area contributed by atoms with Gasteiger partial charge in [-0.05, 0) is 11.5 Å². The average Bonchev–Trinajstić information content (AvgIpc) is 2.27. The van der Waals surface area contributed by atoms with Crippen LogP contribution in [-0.4, -0.2) is 29.9 Å². The van der Waals surface area contributed by atoms with Crippen molar-refractivity contribution in [3.05, 3.63) is 23.8 Å². The lowest BCUT2D eigenvalue weighted by Gasteiger charge is -2.24. The normalized spacial score (nSPS) is 27.4. The molecule has 0 aromatic heterocycles. The maximum Gasteiger partial charge on any atom is 0.268 e. The highest BCUT2D eigenvalue weighted by Gasteiger charge is 2.24. The van der Waals surface area contributed by atoms with Crippen LogP contribution >= 0.6 is 0 Å². The number of hydrogen-bond donors (Lipinski definition) is 1. The highest BCUT2D eigenvalue weighted by molar-refractivity contribution is 6.60. The molecule has 0 aromatic carbocycles. The van der Waals surface area contributed by atoms with E-state index < -0.39 is 5.91 Å². The third-order valence-corrected chi connectivity index (χ3v) is 2.78. The van der Waals surface area contributed by atoms with Gasteiger partial charge < -0.3 is 5.73 Å². The smallest absolute Gasteiger partial charge is 0.268 e. The van der Waals surface area contributed by atoms with Gasteiger partial charge in [-0.1, -0.05) is 32.1 Å². The molecule has 4 nitrogen and oxygen atoms in total. The molecule has 0 radical (unpaired) electrons. The van der Waals surface area contributed by atoms with Gasteiger partial charge in [-0.3, -0.25) is 14.8 Å². The minimum absolute atomic E-state index is 0.0191. The minimum Gasteiger partial charge on any atom is -0.364 e. The molecular formula is C12H15N3O. The third kappa shape index (κ3) is 1.96. The highest BCUT2D eigenvalue weighted by Crippen LogP contribution is 2.23. The summed E-state index contributed by atoms with van der Waals surface area (Å²) in [7, 11) is 0. The molecular weight excluding hydrogens is 202 g/mol. The summed E-state index contributed by atoms with van der Waals surface area (Å²) in [5.41, 5.74) is 6.67. The fourth-order valence-electron chi connectivity index (χ4n) is 1.79. The van der Waals surface area contributed by atoms with E-state index in [1.165, 1.54) is 11.8 Å². The lowest BCUT2D eigenvalue weighted by Crippen LogP contribution is -2.34. The van der Waals surface area contributed by atoms with Crippen LogP contribution in [0.1, 0.15) is 13.8 Å². The molecule has 2 N–H and O–H groups in total. The first-order valence-electron chi connectivity index (χ1n) is 5.38. The van der Waals surface area contributed by atoms with Crippen molar-refractivity contribution in [3.63, 3.8) is 0 Å². The summed E-state index contributed by atoms with van der Waals surface area (Å²) in [6.07, 6.45) is 7.63. The van der Waals surface area contributed by atoms with Gasteiger partial charge in [0.1, 0.15) is 5.71 Å². The van der Waals surface area contributed by atoms with Crippen molar-refractivity contribution in [2.45, 2.75) is 25.9 Å². The molecule has 0 fully saturated rings. The molecule has 2 unspecified atom stereocenters. The average molecular weight is 217 g/mol. The summed E-state index contributed by atoms with van der Waals surface area (Å²) in [6.45, 7) is 4.25. The van der Waals surface area contributed by atoms with Crippen LogP contribution in [-0.2, 0) is 4.79 Å². The number of nitrogens with zero attached hydrogens (tertiary/aromatic N) is 2. The molecule has 0 saturated heterocycles. The molecule has 84 valence electrons. The van der Waals surface area contributed by atoms with E-state index in [1.807, 2.05) is 6.08 Å². The number of fused-ring (bicyclic) bond motifs is 1. The first-order valence-corrected chi connectivity index (χ1v) is 5.38. The monoisotopic (exact) mass is 217 g/mol. The quantitative estimate of drug-likeness (QED) is 0.733. The van der Waals surface area contributed by atoms with Crippen molar-refractivity contribution < 1.29 is 4.79 Å². The number of rotatable bonds is 2. The van der Waals surface area contributed by atoms with Crippen molar-refractivity contribution in [1.82, 2.24) is 0 Å². The first kappa shape index (κ1) is 10.8. The van der Waals surface area contributed by atoms with Gasteiger partial charge in [0.15, 0.2) is 0 Å². The van der Waals surface area contributed by atoms with E-state index in [-0.39, 0.29) is 17.8 Å². The van der Waals surface area contributed by atoms with Gasteiger partial charge >= 0.3 is 0 Å². The number of nitrogens with two attached hydrogens (primary N) is 1. The maximum atomic E-state index is 11.0. The number of hydrogen-bond acceptors (Lipinski definition) is 3. The zero-order chi connectivity index (χ0) is 11.7. The number of amides is 1. The van der Waals surface area contributed by atoms with Crippen LogP contribution in [0.3, 0.4) is 0 Å². The molecule has 2 atom stereocenters. The van der Waals surface area contributed by atoms with Crippen molar-refractivity contribution in [1.29, 1.82) is 0 Å². The Morgan fingerprint density at radius 1 is 1.44 bits per heavy atom. The Labute approximate surface area is 94.7 Å². The van der Waals surface area contributed by atoms with Crippen LogP contribution in [0.5, 0.6) is 0 Å². The van der Waals surface area contributed by atoms with Gasteiger partial charge in [-0.15, -0.1) is 0 Å². The standard InChI is InChI=1S/C12H15N3O/c1-7(2)8-3-4-9-10(5-8)15-11(6-14-9)12(13)16/h3-7,9-10H,1-2H3,(H2,13,16). The van der Waals surface area contributed by atoms with Gasteiger partial charge in [0, 0.05) is 0 Å². The van der Waals surface area contributed by atoms with E-state index >= 15 is 0 Å². The third-order valence-electron chi connectivity index (χ3n) is 2.78. The second-order valence-electron chi connectivity index (χ2n) is 4.32. The van der Waals surface area contributed by atoms with Gasteiger partial charge in [0.05, 0.1) is 18.3 Å². The Balaban J connectivity index is 2.27. The Kier molecular flexibility index (Phi) is 2.73. The molecule has 1 heterocycles. The van der Waals surface area contributed by atoms with Crippen molar-refractivity contribution in [2.24, 2.45) is 21.6 Å². The molecule has 0 bridgehead atoms. The summed E-state index contributed by atoms with van der Waals surface area (Å²) in [4.78, 5) is 19.6. The van der Waals surface area contributed by atoms with Gasteiger partial charge in [-0.2, -0.15) is 0 Å². The summed E-state index contributed by atoms with van der Waals surface area (Å²) in [6, 6.07) is -0.0551. The second kappa shape index (κ2) is 4.04. The molecule has 2 aliphatic rings. The van der Waals surface area contributed by atoms with E-state index in [1.54, 1.807) is 0 Å². The van der Waals surface area contributed by atoms with E-state index in [9.17, 15) is 4.79 Å². The van der Waals surface area contributed by atoms with Gasteiger partial charge in [-0.25, -0.2) is 0 Å². The molecule has 2 rings (SSSR count). The van der Waals surface area contributed by atoms with Crippen LogP contribution in [0.4, 0.5) is 0 Å². The van der Waals surface area contributed by atoms with Crippen LogP contribution in [0, 0.1) is 5.92 Å². The highest BCUT2D eigenvalue weighted by atomic mass is 16.1. The van der Waals surface area contributed by atoms with Crippen molar-refractivity contribution >= 4 is 17.8 Å².